The average molecular weight is 980 g/mol. The molecule has 3 aliphatic rings. The number of carbonyl (C=O) groups excluding carboxylic acids is 2. The van der Waals surface area contributed by atoms with Gasteiger partial charge in [0, 0.05) is 64.0 Å². The highest BCUT2D eigenvalue weighted by molar-refractivity contribution is 6.13. The van der Waals surface area contributed by atoms with Crippen LogP contribution in [0.1, 0.15) is 73.9 Å². The number of fused-ring (bicyclic) bond motifs is 2. The van der Waals surface area contributed by atoms with Crippen LogP contribution in [-0.4, -0.2) is 130 Å². The van der Waals surface area contributed by atoms with Crippen LogP contribution in [0.5, 0.6) is 23.3 Å². The molecule has 6 aromatic rings. The van der Waals surface area contributed by atoms with Crippen molar-refractivity contribution < 1.29 is 34.4 Å². The van der Waals surface area contributed by atoms with Gasteiger partial charge in [-0.3, -0.25) is 9.59 Å². The van der Waals surface area contributed by atoms with E-state index in [1.54, 1.807) is 24.2 Å². The van der Waals surface area contributed by atoms with E-state index in [1.807, 2.05) is 87.3 Å². The third-order valence-corrected chi connectivity index (χ3v) is 14.1. The van der Waals surface area contributed by atoms with E-state index in [9.17, 15) is 24.9 Å². The number of nitrogens with one attached hydrogen (secondary N) is 2. The lowest BCUT2D eigenvalue weighted by Crippen LogP contribution is -2.41. The maximum Gasteiger partial charge on any atom is 0.319 e. The van der Waals surface area contributed by atoms with E-state index >= 15 is 0 Å². The number of para-hydroxylation sites is 1. The Hall–Kier alpha value is -7.44. The van der Waals surface area contributed by atoms with Crippen molar-refractivity contribution >= 4 is 46.3 Å². The molecule has 2 aromatic heterocycles. The summed E-state index contributed by atoms with van der Waals surface area (Å²) in [5.74, 6) is 2.26. The van der Waals surface area contributed by atoms with Crippen molar-refractivity contribution in [3.63, 3.8) is 0 Å². The Balaban J connectivity index is 0.679. The van der Waals surface area contributed by atoms with E-state index in [2.05, 4.69) is 47.7 Å². The third-order valence-electron chi connectivity index (χ3n) is 14.1. The molecule has 0 spiro atoms. The smallest absolute Gasteiger partial charge is 0.319 e. The van der Waals surface area contributed by atoms with Crippen molar-refractivity contribution in [1.82, 2.24) is 34.9 Å². The van der Waals surface area contributed by atoms with Gasteiger partial charge >= 0.3 is 6.01 Å². The van der Waals surface area contributed by atoms with Gasteiger partial charge in [0.05, 0.1) is 54.2 Å². The quantitative estimate of drug-likeness (QED) is 0.0554. The van der Waals surface area contributed by atoms with Crippen LogP contribution in [0.4, 0.5) is 34.5 Å². The van der Waals surface area contributed by atoms with Crippen molar-refractivity contribution in [2.24, 2.45) is 11.8 Å². The van der Waals surface area contributed by atoms with E-state index in [4.69, 9.17) is 14.5 Å². The number of aromatic hydroxyl groups is 3. The summed E-state index contributed by atoms with van der Waals surface area (Å²) < 4.78 is 13.6. The Kier molecular flexibility index (Phi) is 15.1. The summed E-state index contributed by atoms with van der Waals surface area (Å²) in [6, 6.07) is 24.2. The molecule has 0 aliphatic carbocycles. The fraction of sp³-hybridized carbons (Fsp3) is 0.407. The van der Waals surface area contributed by atoms with Gasteiger partial charge in [-0.05, 0) is 118 Å². The Morgan fingerprint density at radius 2 is 1.57 bits per heavy atom. The van der Waals surface area contributed by atoms with Gasteiger partial charge in [0.2, 0.25) is 11.9 Å². The molecule has 2 amide bonds. The first-order chi connectivity index (χ1) is 34.9. The minimum absolute atomic E-state index is 0.00656. The van der Waals surface area contributed by atoms with E-state index in [0.29, 0.717) is 77.9 Å². The van der Waals surface area contributed by atoms with Crippen LogP contribution >= 0.6 is 0 Å². The molecule has 0 unspecified atom stereocenters. The maximum atomic E-state index is 13.2. The minimum Gasteiger partial charge on any atom is -0.508 e. The molecule has 0 saturated carbocycles. The molecule has 18 heteroatoms. The first kappa shape index (κ1) is 49.5. The molecule has 9 rings (SSSR count). The molecule has 5 N–H and O–H groups in total. The number of hydrogen-bond donors (Lipinski definition) is 5. The number of phenols is 2. The second kappa shape index (κ2) is 21.9. The van der Waals surface area contributed by atoms with E-state index < -0.39 is 0 Å². The first-order valence-corrected chi connectivity index (χ1v) is 25.0. The Bertz CT molecular complexity index is 2880. The van der Waals surface area contributed by atoms with Crippen molar-refractivity contribution in [3.05, 3.63) is 102 Å². The number of aromatic nitrogens is 5. The monoisotopic (exact) mass is 980 g/mol. The molecule has 2 fully saturated rings. The highest BCUT2D eigenvalue weighted by Gasteiger charge is 2.30. The summed E-state index contributed by atoms with van der Waals surface area (Å²) in [6.07, 6.45) is 6.28. The maximum absolute atomic E-state index is 13.2. The molecule has 3 aliphatic heterocycles. The van der Waals surface area contributed by atoms with Crippen molar-refractivity contribution in [1.29, 1.82) is 0 Å². The number of hydrogen-bond acceptors (Lipinski definition) is 15. The number of likely N-dealkylation sites (tertiary alicyclic amines) is 1. The molecular weight excluding hydrogens is 915 g/mol. The Morgan fingerprint density at radius 1 is 0.819 bits per heavy atom. The molecule has 0 bridgehead atoms. The van der Waals surface area contributed by atoms with Gasteiger partial charge in [-0.2, -0.15) is 4.98 Å². The van der Waals surface area contributed by atoms with Gasteiger partial charge in [-0.15, -0.1) is 5.10 Å². The van der Waals surface area contributed by atoms with Crippen LogP contribution in [0.25, 0.3) is 17.1 Å². The summed E-state index contributed by atoms with van der Waals surface area (Å²) in [5.41, 5.74) is 6.62. The van der Waals surface area contributed by atoms with Crippen molar-refractivity contribution in [2.75, 3.05) is 93.2 Å². The minimum atomic E-state index is -0.289. The highest BCUT2D eigenvalue weighted by atomic mass is 16.5. The molecule has 4 aromatic carbocycles. The van der Waals surface area contributed by atoms with E-state index in [0.717, 1.165) is 81.9 Å². The fourth-order valence-corrected chi connectivity index (χ4v) is 10.0. The van der Waals surface area contributed by atoms with Crippen LogP contribution in [0.15, 0.2) is 85.1 Å². The van der Waals surface area contributed by atoms with Gasteiger partial charge in [0.25, 0.3) is 5.91 Å². The molecule has 0 atom stereocenters. The first-order valence-electron chi connectivity index (χ1n) is 25.0. The van der Waals surface area contributed by atoms with Crippen LogP contribution < -0.4 is 30.1 Å². The number of benzene rings is 4. The summed E-state index contributed by atoms with van der Waals surface area (Å²) >= 11 is 0. The van der Waals surface area contributed by atoms with Gasteiger partial charge in [-0.25, -0.2) is 9.55 Å². The molecule has 2 saturated heterocycles. The summed E-state index contributed by atoms with van der Waals surface area (Å²) in [4.78, 5) is 44.1. The highest BCUT2D eigenvalue weighted by Crippen LogP contribution is 2.41. The molecule has 378 valence electrons. The lowest BCUT2D eigenvalue weighted by molar-refractivity contribution is -0.125. The van der Waals surface area contributed by atoms with Crippen LogP contribution in [0.3, 0.4) is 0 Å². The number of anilines is 6. The standard InChI is InChI=1S/C54H65N11O7/c1-6-72-48-30-39(15-16-43(48)57-53-56-33-45-50(58-53)61(4)44-10-8-7-9-40(44)52(69)62(45)5)64-24-19-37(20-25-64)51(68)55-21-27-71-28-26-63-22-17-36(18-23-63)29-35-11-13-38(14-12-35)65-49(59-60-54(65)70)42-31-41(34(2)3)46(66)32-47(42)67/h7-16,30-34,36-37,66-67H,6,17-29H2,1-5H3,(H,55,68)(H,60,70)(H,56,57,58). The van der Waals surface area contributed by atoms with Gasteiger partial charge < -0.3 is 55.0 Å². The van der Waals surface area contributed by atoms with Crippen molar-refractivity contribution in [3.8, 4) is 40.3 Å². The second-order valence-corrected chi connectivity index (χ2v) is 19.1. The zero-order chi connectivity index (χ0) is 50.5. The summed E-state index contributed by atoms with van der Waals surface area (Å²) in [6.45, 7) is 12.2. The second-order valence-electron chi connectivity index (χ2n) is 19.1. The number of piperidine rings is 2. The number of amides is 2. The predicted molar refractivity (Wildman–Crippen MR) is 278 cm³/mol. The fourth-order valence-electron chi connectivity index (χ4n) is 10.0. The lowest BCUT2D eigenvalue weighted by atomic mass is 9.90. The number of nitrogens with zero attached hydrogens (tertiary/aromatic N) is 9. The van der Waals surface area contributed by atoms with Crippen LogP contribution in [0, 0.1) is 11.8 Å². The Labute approximate surface area is 420 Å². The van der Waals surface area contributed by atoms with E-state index in [1.165, 1.54) is 16.2 Å². The number of phenolic OH excluding ortho intramolecular Hbond substituents is 2. The summed E-state index contributed by atoms with van der Waals surface area (Å²) in [7, 11) is 3.63. The molecular formula is C54H65N11O7. The predicted octanol–water partition coefficient (Wildman–Crippen LogP) is 7.77. The molecule has 72 heavy (non-hydrogen) atoms. The number of ether oxygens (including phenoxy) is 2. The average Bonchev–Trinajstić information content (AvgIpc) is 3.75. The van der Waals surface area contributed by atoms with Crippen LogP contribution in [-0.2, 0) is 16.0 Å². The SMILES string of the molecule is CCOc1cc(N2CCC(C(=O)NCCOCCN3CCC(Cc4ccc(-n5c(O)nnc5-c5cc(C(C)C)c(O)cc5O)cc4)CC3)CC2)ccc1Nc1ncc2c(n1)N(C)c1ccccc1C(=O)N2C. The normalized spacial score (nSPS) is 15.6. The van der Waals surface area contributed by atoms with Gasteiger partial charge in [-0.1, -0.05) is 43.2 Å². The number of rotatable bonds is 17. The molecule has 5 heterocycles. The molecule has 0 radical (unpaired) electrons. The van der Waals surface area contributed by atoms with Gasteiger partial charge in [0.15, 0.2) is 11.6 Å². The van der Waals surface area contributed by atoms with Gasteiger partial charge in [0.1, 0.15) is 22.9 Å². The zero-order valence-corrected chi connectivity index (χ0v) is 41.7. The van der Waals surface area contributed by atoms with E-state index in [-0.39, 0.29) is 47.0 Å². The van der Waals surface area contributed by atoms with Crippen molar-refractivity contribution in [2.45, 2.75) is 58.8 Å². The third kappa shape index (κ3) is 10.7. The summed E-state index contributed by atoms with van der Waals surface area (Å²) in [5, 5.41) is 46.1. The number of carbonyl (C=O) groups is 2. The molecule has 18 nitrogen and oxygen atoms in total. The zero-order valence-electron chi connectivity index (χ0n) is 41.7. The van der Waals surface area contributed by atoms with Crippen LogP contribution in [0.2, 0.25) is 0 Å². The lowest BCUT2D eigenvalue weighted by Gasteiger charge is -2.33. The topological polar surface area (TPSA) is 207 Å². The largest absolute Gasteiger partial charge is 0.508 e. The Morgan fingerprint density at radius 3 is 2.32 bits per heavy atom.